The molecular formula is C10H9ClN2O2. The van der Waals surface area contributed by atoms with Crippen LogP contribution in [0.25, 0.3) is 0 Å². The van der Waals surface area contributed by atoms with E-state index < -0.39 is 5.37 Å². The van der Waals surface area contributed by atoms with Gasteiger partial charge in [0.15, 0.2) is 0 Å². The first kappa shape index (κ1) is 9.98. The number of hydrogen-bond donors (Lipinski definition) is 1. The normalized spacial score (nSPS) is 14.5. The molecule has 0 aromatic heterocycles. The Balaban J connectivity index is 2.52. The van der Waals surface area contributed by atoms with Crippen molar-refractivity contribution in [3.63, 3.8) is 0 Å². The zero-order valence-corrected chi connectivity index (χ0v) is 8.84. The van der Waals surface area contributed by atoms with Crippen LogP contribution in [-0.4, -0.2) is 17.8 Å². The zero-order chi connectivity index (χ0) is 11.0. The first-order valence-corrected chi connectivity index (χ1v) is 4.83. The van der Waals surface area contributed by atoms with E-state index in [1.165, 1.54) is 4.90 Å². The summed E-state index contributed by atoms with van der Waals surface area (Å²) in [5.74, 6) is -0.236. The molecule has 0 aliphatic carbocycles. The third kappa shape index (κ3) is 1.80. The minimum absolute atomic E-state index is 0.0290. The highest BCUT2D eigenvalue weighted by Crippen LogP contribution is 2.30. The maximum atomic E-state index is 11.3. The van der Waals surface area contributed by atoms with Gasteiger partial charge in [-0.1, -0.05) is 6.07 Å². The molecule has 0 unspecified atom stereocenters. The lowest BCUT2D eigenvalue weighted by atomic mass is 10.1. The summed E-state index contributed by atoms with van der Waals surface area (Å²) >= 11 is 5.41. The quantitative estimate of drug-likeness (QED) is 0.542. The molecule has 1 aromatic carbocycles. The van der Waals surface area contributed by atoms with Crippen LogP contribution in [0, 0.1) is 6.92 Å². The topological polar surface area (TPSA) is 49.4 Å². The van der Waals surface area contributed by atoms with Crippen molar-refractivity contribution in [1.29, 1.82) is 0 Å². The molecule has 1 aromatic rings. The highest BCUT2D eigenvalue weighted by molar-refractivity contribution is 6.66. The number of rotatable bonds is 0. The monoisotopic (exact) mass is 224 g/mol. The van der Waals surface area contributed by atoms with Crippen molar-refractivity contribution in [2.24, 2.45) is 0 Å². The number of halogens is 1. The molecular weight excluding hydrogens is 216 g/mol. The first-order valence-electron chi connectivity index (χ1n) is 4.45. The lowest BCUT2D eigenvalue weighted by Crippen LogP contribution is -2.39. The van der Waals surface area contributed by atoms with Crippen molar-refractivity contribution >= 4 is 34.2 Å². The molecule has 0 spiro atoms. The van der Waals surface area contributed by atoms with Crippen LogP contribution in [0.1, 0.15) is 5.56 Å². The van der Waals surface area contributed by atoms with Crippen LogP contribution in [0.2, 0.25) is 0 Å². The number of aryl methyl sites for hydroxylation is 1. The Kier molecular flexibility index (Phi) is 2.36. The van der Waals surface area contributed by atoms with E-state index in [1.54, 1.807) is 6.07 Å². The Labute approximate surface area is 91.8 Å². The number of carbonyl (C=O) groups is 2. The summed E-state index contributed by atoms with van der Waals surface area (Å²) in [5.41, 5.74) is 2.27. The van der Waals surface area contributed by atoms with Gasteiger partial charge < -0.3 is 5.32 Å². The Hall–Kier alpha value is -1.55. The minimum Gasteiger partial charge on any atom is -0.323 e. The summed E-state index contributed by atoms with van der Waals surface area (Å²) in [6, 6.07) is 5.44. The molecule has 0 atom stereocenters. The molecule has 0 radical (unpaired) electrons. The molecule has 4 nitrogen and oxygen atoms in total. The van der Waals surface area contributed by atoms with Crippen LogP contribution in [-0.2, 0) is 4.79 Å². The van der Waals surface area contributed by atoms with Gasteiger partial charge in [0, 0.05) is 0 Å². The highest BCUT2D eigenvalue weighted by atomic mass is 35.5. The van der Waals surface area contributed by atoms with E-state index in [1.807, 2.05) is 19.1 Å². The highest BCUT2D eigenvalue weighted by Gasteiger charge is 2.25. The van der Waals surface area contributed by atoms with Crippen LogP contribution in [0.5, 0.6) is 0 Å². The number of anilines is 2. The van der Waals surface area contributed by atoms with Crippen molar-refractivity contribution in [2.75, 3.05) is 16.8 Å². The third-order valence-corrected chi connectivity index (χ3v) is 2.44. The maximum Gasteiger partial charge on any atom is 0.321 e. The molecule has 0 saturated carbocycles. The van der Waals surface area contributed by atoms with E-state index in [0.29, 0.717) is 11.4 Å². The fourth-order valence-electron chi connectivity index (χ4n) is 1.55. The lowest BCUT2D eigenvalue weighted by molar-refractivity contribution is -0.115. The van der Waals surface area contributed by atoms with Crippen LogP contribution >= 0.6 is 11.6 Å². The van der Waals surface area contributed by atoms with Crippen molar-refractivity contribution in [2.45, 2.75) is 6.92 Å². The smallest absolute Gasteiger partial charge is 0.321 e. The summed E-state index contributed by atoms with van der Waals surface area (Å²) < 4.78 is 0. The average Bonchev–Trinajstić information content (AvgIpc) is 2.17. The van der Waals surface area contributed by atoms with Gasteiger partial charge in [-0.15, -0.1) is 0 Å². The number of nitrogens with zero attached hydrogens (tertiary/aromatic N) is 1. The summed E-state index contributed by atoms with van der Waals surface area (Å²) in [6.07, 6.45) is 0. The summed E-state index contributed by atoms with van der Waals surface area (Å²) in [4.78, 5) is 23.6. The van der Waals surface area contributed by atoms with Gasteiger partial charge in [0.05, 0.1) is 11.4 Å². The average molecular weight is 225 g/mol. The van der Waals surface area contributed by atoms with Gasteiger partial charge in [0.1, 0.15) is 6.54 Å². The van der Waals surface area contributed by atoms with Gasteiger partial charge in [0.25, 0.3) is 0 Å². The molecule has 1 N–H and O–H groups in total. The van der Waals surface area contributed by atoms with E-state index in [-0.39, 0.29) is 12.5 Å². The molecule has 1 aliphatic heterocycles. The lowest BCUT2D eigenvalue weighted by Gasteiger charge is -2.27. The van der Waals surface area contributed by atoms with E-state index >= 15 is 0 Å². The molecule has 1 heterocycles. The maximum absolute atomic E-state index is 11.3. The number of carbonyl (C=O) groups excluding carboxylic acids is 2. The van der Waals surface area contributed by atoms with Crippen molar-refractivity contribution in [1.82, 2.24) is 0 Å². The Morgan fingerprint density at radius 3 is 2.93 bits per heavy atom. The third-order valence-electron chi connectivity index (χ3n) is 2.23. The molecule has 15 heavy (non-hydrogen) atoms. The van der Waals surface area contributed by atoms with E-state index in [0.717, 1.165) is 5.56 Å². The molecule has 78 valence electrons. The Morgan fingerprint density at radius 2 is 2.27 bits per heavy atom. The minimum atomic E-state index is -0.642. The molecule has 1 aliphatic rings. The SMILES string of the molecule is Cc1ccc2c(c1)N(C(=O)Cl)CC(=O)N2. The van der Waals surface area contributed by atoms with Crippen LogP contribution in [0.4, 0.5) is 16.2 Å². The van der Waals surface area contributed by atoms with Crippen molar-refractivity contribution in [3.05, 3.63) is 23.8 Å². The number of nitrogens with one attached hydrogen (secondary N) is 1. The zero-order valence-electron chi connectivity index (χ0n) is 8.08. The van der Waals surface area contributed by atoms with E-state index in [9.17, 15) is 9.59 Å². The molecule has 2 rings (SSSR count). The number of hydrogen-bond acceptors (Lipinski definition) is 2. The second-order valence-corrected chi connectivity index (χ2v) is 3.73. The van der Waals surface area contributed by atoms with Crippen molar-refractivity contribution < 1.29 is 9.59 Å². The summed E-state index contributed by atoms with van der Waals surface area (Å²) in [7, 11) is 0. The Bertz CT molecular complexity index is 445. The predicted molar refractivity (Wildman–Crippen MR) is 58.4 cm³/mol. The van der Waals surface area contributed by atoms with Gasteiger partial charge in [-0.05, 0) is 36.2 Å². The van der Waals surface area contributed by atoms with Gasteiger partial charge in [-0.3, -0.25) is 14.5 Å². The molecule has 0 bridgehead atoms. The van der Waals surface area contributed by atoms with Gasteiger partial charge in [-0.2, -0.15) is 0 Å². The number of benzene rings is 1. The van der Waals surface area contributed by atoms with Gasteiger partial charge in [0.2, 0.25) is 5.91 Å². The van der Waals surface area contributed by atoms with E-state index in [4.69, 9.17) is 11.6 Å². The van der Waals surface area contributed by atoms with Crippen LogP contribution < -0.4 is 10.2 Å². The molecule has 0 fully saturated rings. The fourth-order valence-corrected chi connectivity index (χ4v) is 1.70. The Morgan fingerprint density at radius 1 is 1.53 bits per heavy atom. The number of fused-ring (bicyclic) bond motifs is 1. The van der Waals surface area contributed by atoms with Crippen LogP contribution in [0.3, 0.4) is 0 Å². The molecule has 2 amide bonds. The first-order chi connectivity index (χ1) is 7.08. The van der Waals surface area contributed by atoms with E-state index in [2.05, 4.69) is 5.32 Å². The van der Waals surface area contributed by atoms with Gasteiger partial charge in [-0.25, -0.2) is 0 Å². The summed E-state index contributed by atoms with van der Waals surface area (Å²) in [6.45, 7) is 1.88. The standard InChI is InChI=1S/C10H9ClN2O2/c1-6-2-3-7-8(4-6)13(10(11)15)5-9(14)12-7/h2-4H,5H2,1H3,(H,12,14). The second kappa shape index (κ2) is 3.55. The molecule has 5 heteroatoms. The predicted octanol–water partition coefficient (Wildman–Crippen LogP) is 2.11. The molecule has 0 saturated heterocycles. The second-order valence-electron chi connectivity index (χ2n) is 3.41. The fraction of sp³-hybridized carbons (Fsp3) is 0.200. The number of amides is 2. The van der Waals surface area contributed by atoms with Gasteiger partial charge >= 0.3 is 5.37 Å². The van der Waals surface area contributed by atoms with Crippen molar-refractivity contribution in [3.8, 4) is 0 Å². The largest absolute Gasteiger partial charge is 0.323 e. The van der Waals surface area contributed by atoms with Crippen LogP contribution in [0.15, 0.2) is 18.2 Å². The summed E-state index contributed by atoms with van der Waals surface area (Å²) in [5, 5.41) is 2.04.